The van der Waals surface area contributed by atoms with Gasteiger partial charge in [0.05, 0.1) is 6.17 Å². The van der Waals surface area contributed by atoms with Gasteiger partial charge in [0, 0.05) is 25.8 Å². The number of likely N-dealkylation sites (tertiary alicyclic amines) is 1. The van der Waals surface area contributed by atoms with Crippen LogP contribution in [0.25, 0.3) is 0 Å². The molecular weight excluding hydrogens is 202 g/mol. The van der Waals surface area contributed by atoms with Crippen LogP contribution in [0.3, 0.4) is 0 Å². The molecule has 3 heterocycles. The van der Waals surface area contributed by atoms with E-state index in [1.165, 1.54) is 5.57 Å². The quantitative estimate of drug-likeness (QED) is 0.688. The summed E-state index contributed by atoms with van der Waals surface area (Å²) >= 11 is 0. The number of rotatable bonds is 1. The van der Waals surface area contributed by atoms with Crippen LogP contribution in [0.15, 0.2) is 23.9 Å². The maximum Gasteiger partial charge on any atom is 0.246 e. The summed E-state index contributed by atoms with van der Waals surface area (Å²) in [6.07, 6.45) is 7.68. The van der Waals surface area contributed by atoms with Gasteiger partial charge in [0.2, 0.25) is 5.91 Å². The van der Waals surface area contributed by atoms with Crippen molar-refractivity contribution in [3.63, 3.8) is 0 Å². The fourth-order valence-electron chi connectivity index (χ4n) is 2.46. The Hall–Kier alpha value is -1.29. The largest absolute Gasteiger partial charge is 0.345 e. The van der Waals surface area contributed by atoms with Crippen LogP contribution in [-0.2, 0) is 4.79 Å². The minimum atomic E-state index is -0.00907. The number of nitrogens with zero attached hydrogens (tertiary/aromatic N) is 2. The Morgan fingerprint density at radius 2 is 2.31 bits per heavy atom. The zero-order chi connectivity index (χ0) is 11.1. The molecule has 0 aromatic heterocycles. The number of carbonyl (C=O) groups is 1. The standard InChI is InChI=1S/C12H17N3O/c1-9-3-4-11-13-7-10(15(11)8-9)12(16)14-5-2-6-14/h3-4,8,10-11,13H,2,5-7H2,1H3. The van der Waals surface area contributed by atoms with Crippen molar-refractivity contribution in [2.45, 2.75) is 25.6 Å². The van der Waals surface area contributed by atoms with Crippen molar-refractivity contribution < 1.29 is 4.79 Å². The molecule has 0 aliphatic carbocycles. The average Bonchev–Trinajstić information content (AvgIpc) is 2.57. The first-order valence-corrected chi connectivity index (χ1v) is 5.92. The molecule has 2 unspecified atom stereocenters. The van der Waals surface area contributed by atoms with Gasteiger partial charge in [-0.2, -0.15) is 0 Å². The molecule has 0 saturated carbocycles. The van der Waals surface area contributed by atoms with E-state index in [1.807, 2.05) is 4.90 Å². The van der Waals surface area contributed by atoms with Crippen LogP contribution in [0.1, 0.15) is 13.3 Å². The molecule has 0 spiro atoms. The second kappa shape index (κ2) is 3.63. The smallest absolute Gasteiger partial charge is 0.246 e. The lowest BCUT2D eigenvalue weighted by molar-refractivity contribution is -0.138. The van der Waals surface area contributed by atoms with E-state index in [1.54, 1.807) is 0 Å². The lowest BCUT2D eigenvalue weighted by atomic mass is 10.1. The van der Waals surface area contributed by atoms with Gasteiger partial charge in [-0.3, -0.25) is 10.1 Å². The Balaban J connectivity index is 1.77. The van der Waals surface area contributed by atoms with E-state index in [-0.39, 0.29) is 18.1 Å². The zero-order valence-corrected chi connectivity index (χ0v) is 9.52. The summed E-state index contributed by atoms with van der Waals surface area (Å²) in [6, 6.07) is -0.00907. The summed E-state index contributed by atoms with van der Waals surface area (Å²) in [5.74, 6) is 0.278. The van der Waals surface area contributed by atoms with E-state index in [2.05, 4.69) is 35.5 Å². The van der Waals surface area contributed by atoms with Crippen LogP contribution in [0.4, 0.5) is 0 Å². The first-order valence-electron chi connectivity index (χ1n) is 5.92. The Morgan fingerprint density at radius 3 is 3.00 bits per heavy atom. The van der Waals surface area contributed by atoms with Gasteiger partial charge in [0.15, 0.2) is 0 Å². The van der Waals surface area contributed by atoms with Crippen LogP contribution in [-0.4, -0.2) is 47.5 Å². The van der Waals surface area contributed by atoms with Gasteiger partial charge >= 0.3 is 0 Å². The van der Waals surface area contributed by atoms with Gasteiger partial charge in [-0.1, -0.05) is 6.08 Å². The van der Waals surface area contributed by atoms with Crippen LogP contribution in [0.5, 0.6) is 0 Å². The Kier molecular flexibility index (Phi) is 2.24. The first-order chi connectivity index (χ1) is 7.75. The summed E-state index contributed by atoms with van der Waals surface area (Å²) < 4.78 is 0. The molecule has 2 fully saturated rings. The molecule has 3 aliphatic heterocycles. The molecule has 0 aromatic rings. The molecule has 3 aliphatic rings. The van der Waals surface area contributed by atoms with Crippen LogP contribution >= 0.6 is 0 Å². The molecule has 0 aromatic carbocycles. The number of amides is 1. The minimum absolute atomic E-state index is 0.00907. The van der Waals surface area contributed by atoms with Crippen molar-refractivity contribution >= 4 is 5.91 Å². The molecule has 1 N–H and O–H groups in total. The van der Waals surface area contributed by atoms with Crippen molar-refractivity contribution in [2.75, 3.05) is 19.6 Å². The van der Waals surface area contributed by atoms with E-state index in [0.717, 1.165) is 26.1 Å². The molecule has 0 radical (unpaired) electrons. The highest BCUT2D eigenvalue weighted by atomic mass is 16.2. The van der Waals surface area contributed by atoms with Crippen molar-refractivity contribution in [1.82, 2.24) is 15.1 Å². The topological polar surface area (TPSA) is 35.6 Å². The zero-order valence-electron chi connectivity index (χ0n) is 9.52. The predicted molar refractivity (Wildman–Crippen MR) is 61.5 cm³/mol. The molecular formula is C12H17N3O. The maximum absolute atomic E-state index is 12.2. The number of hydrogen-bond donors (Lipinski definition) is 1. The summed E-state index contributed by atoms with van der Waals surface area (Å²) in [5.41, 5.74) is 1.21. The second-order valence-electron chi connectivity index (χ2n) is 4.73. The highest BCUT2D eigenvalue weighted by Crippen LogP contribution is 2.22. The average molecular weight is 219 g/mol. The predicted octanol–water partition coefficient (Wildman–Crippen LogP) is 0.292. The van der Waals surface area contributed by atoms with Gasteiger partial charge in [-0.15, -0.1) is 0 Å². The fourth-order valence-corrected chi connectivity index (χ4v) is 2.46. The minimum Gasteiger partial charge on any atom is -0.345 e. The summed E-state index contributed by atoms with van der Waals surface area (Å²) in [7, 11) is 0. The SMILES string of the molecule is CC1=CN2C(C=C1)NCC2C(=O)N1CCC1. The van der Waals surface area contributed by atoms with E-state index in [0.29, 0.717) is 0 Å². The molecule has 2 atom stereocenters. The number of carbonyl (C=O) groups excluding carboxylic acids is 1. The normalized spacial score (nSPS) is 32.2. The van der Waals surface area contributed by atoms with Crippen molar-refractivity contribution in [1.29, 1.82) is 0 Å². The number of fused-ring (bicyclic) bond motifs is 1. The number of nitrogens with one attached hydrogen (secondary N) is 1. The van der Waals surface area contributed by atoms with Crippen molar-refractivity contribution in [2.24, 2.45) is 0 Å². The molecule has 2 saturated heterocycles. The molecule has 1 amide bonds. The molecule has 0 bridgehead atoms. The fraction of sp³-hybridized carbons (Fsp3) is 0.583. The molecule has 4 heteroatoms. The van der Waals surface area contributed by atoms with Crippen LogP contribution in [0, 0.1) is 0 Å². The van der Waals surface area contributed by atoms with Gasteiger partial charge in [-0.05, 0) is 25.0 Å². The van der Waals surface area contributed by atoms with Crippen LogP contribution in [0.2, 0.25) is 0 Å². The van der Waals surface area contributed by atoms with Crippen molar-refractivity contribution in [3.05, 3.63) is 23.9 Å². The van der Waals surface area contributed by atoms with Crippen LogP contribution < -0.4 is 5.32 Å². The number of hydrogen-bond acceptors (Lipinski definition) is 3. The monoisotopic (exact) mass is 219 g/mol. The van der Waals surface area contributed by atoms with Crippen molar-refractivity contribution in [3.8, 4) is 0 Å². The Labute approximate surface area is 95.6 Å². The van der Waals surface area contributed by atoms with Gasteiger partial charge in [0.1, 0.15) is 6.04 Å². The van der Waals surface area contributed by atoms with Gasteiger partial charge in [0.25, 0.3) is 0 Å². The Bertz CT molecular complexity index is 370. The highest BCUT2D eigenvalue weighted by molar-refractivity contribution is 5.83. The molecule has 4 nitrogen and oxygen atoms in total. The lowest BCUT2D eigenvalue weighted by Gasteiger charge is -2.36. The van der Waals surface area contributed by atoms with E-state index < -0.39 is 0 Å². The van der Waals surface area contributed by atoms with E-state index in [9.17, 15) is 4.79 Å². The third-order valence-corrected chi connectivity index (χ3v) is 3.55. The molecule has 3 rings (SSSR count). The third-order valence-electron chi connectivity index (χ3n) is 3.55. The summed E-state index contributed by atoms with van der Waals surface area (Å²) in [6.45, 7) is 4.70. The Morgan fingerprint density at radius 1 is 1.50 bits per heavy atom. The first kappa shape index (κ1) is 9.90. The van der Waals surface area contributed by atoms with E-state index in [4.69, 9.17) is 0 Å². The number of allylic oxidation sites excluding steroid dienone is 2. The molecule has 86 valence electrons. The third kappa shape index (κ3) is 1.45. The highest BCUT2D eigenvalue weighted by Gasteiger charge is 2.38. The summed E-state index contributed by atoms with van der Waals surface area (Å²) in [4.78, 5) is 16.3. The maximum atomic E-state index is 12.2. The van der Waals surface area contributed by atoms with Gasteiger partial charge in [-0.25, -0.2) is 0 Å². The summed E-state index contributed by atoms with van der Waals surface area (Å²) in [5, 5.41) is 3.36. The second-order valence-corrected chi connectivity index (χ2v) is 4.73. The lowest BCUT2D eigenvalue weighted by Crippen LogP contribution is -2.51. The van der Waals surface area contributed by atoms with E-state index >= 15 is 0 Å². The van der Waals surface area contributed by atoms with Gasteiger partial charge < -0.3 is 9.80 Å². The molecule has 16 heavy (non-hydrogen) atoms.